The Bertz CT molecular complexity index is 1640. The second-order valence-electron chi connectivity index (χ2n) is 9.31. The number of carbonyl (C=O) groups excluding carboxylic acids is 1. The average molecular weight is 461 g/mol. The molecule has 1 aliphatic heterocycles. The van der Waals surface area contributed by atoms with Gasteiger partial charge in [-0.25, -0.2) is 4.98 Å². The highest BCUT2D eigenvalue weighted by molar-refractivity contribution is 6.02. The number of nitrogens with one attached hydrogen (secondary N) is 2. The Kier molecular flexibility index (Phi) is 4.36. The van der Waals surface area contributed by atoms with E-state index in [2.05, 4.69) is 45.2 Å². The van der Waals surface area contributed by atoms with Crippen LogP contribution < -0.4 is 10.1 Å². The van der Waals surface area contributed by atoms with Gasteiger partial charge in [0.2, 0.25) is 5.95 Å². The van der Waals surface area contributed by atoms with Crippen molar-refractivity contribution in [2.24, 2.45) is 0 Å². The summed E-state index contributed by atoms with van der Waals surface area (Å²) in [6.45, 7) is 0. The van der Waals surface area contributed by atoms with E-state index in [-0.39, 0.29) is 17.7 Å². The van der Waals surface area contributed by atoms with E-state index in [1.807, 2.05) is 48.7 Å². The Morgan fingerprint density at radius 2 is 1.77 bits per heavy atom. The highest BCUT2D eigenvalue weighted by atomic mass is 16.5. The molecule has 35 heavy (non-hydrogen) atoms. The molecule has 1 aliphatic carbocycles. The quantitative estimate of drug-likeness (QED) is 0.349. The van der Waals surface area contributed by atoms with E-state index >= 15 is 0 Å². The van der Waals surface area contributed by atoms with E-state index in [0.29, 0.717) is 6.42 Å². The van der Waals surface area contributed by atoms with Gasteiger partial charge in [0.1, 0.15) is 5.75 Å². The zero-order chi connectivity index (χ0) is 23.5. The number of ketones is 1. The van der Waals surface area contributed by atoms with Crippen LogP contribution in [-0.4, -0.2) is 27.4 Å². The maximum Gasteiger partial charge on any atom is 0.209 e. The molecular formula is C29H24N4O2. The predicted molar refractivity (Wildman–Crippen MR) is 137 cm³/mol. The van der Waals surface area contributed by atoms with Crippen molar-refractivity contribution in [2.75, 3.05) is 12.4 Å². The molecule has 2 N–H and O–H groups in total. The van der Waals surface area contributed by atoms with Gasteiger partial charge in [-0.2, -0.15) is 0 Å². The molecule has 0 amide bonds. The number of aromatic amines is 1. The number of imidazole rings is 1. The molecule has 5 aromatic rings. The fourth-order valence-electron chi connectivity index (χ4n) is 5.75. The molecule has 2 aromatic heterocycles. The van der Waals surface area contributed by atoms with Gasteiger partial charge in [0.15, 0.2) is 5.78 Å². The second kappa shape index (κ2) is 7.60. The number of rotatable bonds is 3. The van der Waals surface area contributed by atoms with Gasteiger partial charge in [0.25, 0.3) is 0 Å². The zero-order valence-corrected chi connectivity index (χ0v) is 19.3. The molecule has 3 heterocycles. The SMILES string of the molecule is COc1ccc([C@H]2CC(=O)C3=C(C2)Nc2nc4ccccc4n2[C@@H]3c2c[nH]c3ccccc23)cc1. The van der Waals surface area contributed by atoms with Crippen LogP contribution in [0.5, 0.6) is 5.75 Å². The molecule has 0 unspecified atom stereocenters. The third-order valence-corrected chi connectivity index (χ3v) is 7.40. The number of allylic oxidation sites excluding steroid dienone is 2. The van der Waals surface area contributed by atoms with Crippen LogP contribution in [0.1, 0.15) is 35.9 Å². The van der Waals surface area contributed by atoms with Gasteiger partial charge in [-0.15, -0.1) is 0 Å². The molecule has 0 fully saturated rings. The number of aromatic nitrogens is 3. The lowest BCUT2D eigenvalue weighted by Crippen LogP contribution is -2.33. The normalized spacial score (nSPS) is 19.5. The van der Waals surface area contributed by atoms with Crippen LogP contribution in [0.15, 0.2) is 90.3 Å². The zero-order valence-electron chi connectivity index (χ0n) is 19.3. The molecular weight excluding hydrogens is 436 g/mol. The summed E-state index contributed by atoms with van der Waals surface area (Å²) in [5.41, 5.74) is 7.05. The molecule has 2 aliphatic rings. The van der Waals surface area contributed by atoms with Crippen LogP contribution in [0.4, 0.5) is 5.95 Å². The minimum absolute atomic E-state index is 0.110. The summed E-state index contributed by atoms with van der Waals surface area (Å²) >= 11 is 0. The van der Waals surface area contributed by atoms with Crippen LogP contribution in [0, 0.1) is 0 Å². The number of H-pyrrole nitrogens is 1. The van der Waals surface area contributed by atoms with Crippen molar-refractivity contribution in [1.82, 2.24) is 14.5 Å². The monoisotopic (exact) mass is 460 g/mol. The summed E-state index contributed by atoms with van der Waals surface area (Å²) in [7, 11) is 1.67. The highest BCUT2D eigenvalue weighted by Gasteiger charge is 2.40. The predicted octanol–water partition coefficient (Wildman–Crippen LogP) is 5.94. The lowest BCUT2D eigenvalue weighted by molar-refractivity contribution is -0.116. The Morgan fingerprint density at radius 1 is 0.971 bits per heavy atom. The molecule has 0 spiro atoms. The molecule has 6 nitrogen and oxygen atoms in total. The summed E-state index contributed by atoms with van der Waals surface area (Å²) in [5, 5.41) is 4.68. The summed E-state index contributed by atoms with van der Waals surface area (Å²) in [5.74, 6) is 1.89. The lowest BCUT2D eigenvalue weighted by Gasteiger charge is -2.36. The standard InChI is InChI=1S/C29H24N4O2/c1-35-19-12-10-17(11-13-19)18-14-24-27(26(34)15-18)28(21-16-30-22-7-3-2-6-20(21)22)33-25-9-5-4-8-23(25)31-29(33)32-24/h2-13,16,18,28,30H,14-15H2,1H3,(H,31,32)/t18-,28-/m1/s1. The summed E-state index contributed by atoms with van der Waals surface area (Å²) < 4.78 is 7.51. The fourth-order valence-corrected chi connectivity index (χ4v) is 5.75. The Balaban J connectivity index is 1.41. The van der Waals surface area contributed by atoms with Gasteiger partial charge in [0.05, 0.1) is 24.2 Å². The van der Waals surface area contributed by atoms with Crippen molar-refractivity contribution in [3.63, 3.8) is 0 Å². The van der Waals surface area contributed by atoms with E-state index < -0.39 is 0 Å². The number of nitrogens with zero attached hydrogens (tertiary/aromatic N) is 2. The first kappa shape index (κ1) is 20.1. The van der Waals surface area contributed by atoms with Gasteiger partial charge in [0, 0.05) is 40.4 Å². The number of ether oxygens (including phenoxy) is 1. The molecule has 172 valence electrons. The van der Waals surface area contributed by atoms with Crippen molar-refractivity contribution >= 4 is 33.7 Å². The molecule has 3 aromatic carbocycles. The molecule has 6 heteroatoms. The van der Waals surface area contributed by atoms with Crippen LogP contribution in [0.2, 0.25) is 0 Å². The van der Waals surface area contributed by atoms with Gasteiger partial charge in [-0.05, 0) is 48.2 Å². The largest absolute Gasteiger partial charge is 0.497 e. The molecule has 0 bridgehead atoms. The first-order valence-corrected chi connectivity index (χ1v) is 11.9. The van der Waals surface area contributed by atoms with Crippen LogP contribution in [-0.2, 0) is 4.79 Å². The Morgan fingerprint density at radius 3 is 2.63 bits per heavy atom. The molecule has 7 rings (SSSR count). The van der Waals surface area contributed by atoms with E-state index in [1.165, 1.54) is 0 Å². The summed E-state index contributed by atoms with van der Waals surface area (Å²) in [6, 6.07) is 24.2. The third-order valence-electron chi connectivity index (χ3n) is 7.40. The van der Waals surface area contributed by atoms with E-state index in [1.54, 1.807) is 7.11 Å². The molecule has 2 atom stereocenters. The minimum Gasteiger partial charge on any atom is -0.497 e. The van der Waals surface area contributed by atoms with Crippen LogP contribution in [0.25, 0.3) is 21.9 Å². The van der Waals surface area contributed by atoms with Crippen LogP contribution >= 0.6 is 0 Å². The van der Waals surface area contributed by atoms with Gasteiger partial charge < -0.3 is 15.0 Å². The summed E-state index contributed by atoms with van der Waals surface area (Å²) in [4.78, 5) is 22.2. The van der Waals surface area contributed by atoms with Crippen molar-refractivity contribution < 1.29 is 9.53 Å². The first-order valence-electron chi connectivity index (χ1n) is 11.9. The van der Waals surface area contributed by atoms with E-state index in [9.17, 15) is 4.79 Å². The number of fused-ring (bicyclic) bond motifs is 4. The van der Waals surface area contributed by atoms with Crippen molar-refractivity contribution in [3.8, 4) is 5.75 Å². The number of para-hydroxylation sites is 3. The van der Waals surface area contributed by atoms with Crippen LogP contribution in [0.3, 0.4) is 0 Å². The fraction of sp³-hybridized carbons (Fsp3) is 0.172. The number of benzene rings is 3. The second-order valence-corrected chi connectivity index (χ2v) is 9.31. The number of anilines is 1. The van der Waals surface area contributed by atoms with Gasteiger partial charge in [-0.3, -0.25) is 9.36 Å². The number of carbonyl (C=O) groups is 1. The van der Waals surface area contributed by atoms with E-state index in [4.69, 9.17) is 9.72 Å². The maximum absolute atomic E-state index is 13.9. The topological polar surface area (TPSA) is 71.9 Å². The number of Topliss-reactive ketones (excluding diaryl/α,β-unsaturated/α-hetero) is 1. The number of methoxy groups -OCH3 is 1. The first-order chi connectivity index (χ1) is 17.2. The molecule has 0 radical (unpaired) electrons. The van der Waals surface area contributed by atoms with E-state index in [0.717, 1.165) is 62.5 Å². The highest BCUT2D eigenvalue weighted by Crippen LogP contribution is 2.47. The summed E-state index contributed by atoms with van der Waals surface area (Å²) in [6.07, 6.45) is 3.29. The van der Waals surface area contributed by atoms with Crippen molar-refractivity contribution in [1.29, 1.82) is 0 Å². The average Bonchev–Trinajstić information content (AvgIpc) is 3.49. The number of hydrogen-bond donors (Lipinski definition) is 2. The minimum atomic E-state index is -0.242. The van der Waals surface area contributed by atoms with Crippen molar-refractivity contribution in [3.05, 3.63) is 101 Å². The smallest absolute Gasteiger partial charge is 0.209 e. The Hall–Kier alpha value is -4.32. The Labute approximate surface area is 202 Å². The lowest BCUT2D eigenvalue weighted by atomic mass is 9.77. The maximum atomic E-state index is 13.9. The van der Waals surface area contributed by atoms with Gasteiger partial charge >= 0.3 is 0 Å². The van der Waals surface area contributed by atoms with Crippen molar-refractivity contribution in [2.45, 2.75) is 24.8 Å². The number of hydrogen-bond acceptors (Lipinski definition) is 4. The van der Waals surface area contributed by atoms with Gasteiger partial charge in [-0.1, -0.05) is 42.5 Å². The third kappa shape index (κ3) is 3.03. The molecule has 0 saturated carbocycles. The molecule has 0 saturated heterocycles.